The molecular formula is C14H15N5O2. The number of hydrogen-bond donors (Lipinski definition) is 1. The normalized spacial score (nSPS) is 10.9. The lowest BCUT2D eigenvalue weighted by atomic mass is 10.2. The molecule has 3 rings (SSSR count). The zero-order valence-electron chi connectivity index (χ0n) is 11.6. The van der Waals surface area contributed by atoms with Crippen LogP contribution >= 0.6 is 0 Å². The van der Waals surface area contributed by atoms with Crippen LogP contribution in [-0.2, 0) is 6.42 Å². The lowest BCUT2D eigenvalue weighted by Crippen LogP contribution is -2.24. The van der Waals surface area contributed by atoms with Crippen molar-refractivity contribution in [3.05, 3.63) is 47.7 Å². The minimum absolute atomic E-state index is 0.227. The van der Waals surface area contributed by atoms with E-state index in [9.17, 15) is 4.79 Å². The summed E-state index contributed by atoms with van der Waals surface area (Å²) in [5.74, 6) is -0.0196. The van der Waals surface area contributed by atoms with Gasteiger partial charge >= 0.3 is 0 Å². The average molecular weight is 285 g/mol. The Morgan fingerprint density at radius 2 is 2.38 bits per heavy atom. The molecule has 0 bridgehead atoms. The summed E-state index contributed by atoms with van der Waals surface area (Å²) in [6.07, 6.45) is 6.88. The van der Waals surface area contributed by atoms with Gasteiger partial charge in [-0.3, -0.25) is 4.79 Å². The molecule has 3 aromatic heterocycles. The smallest absolute Gasteiger partial charge is 0.289 e. The number of nitrogens with one attached hydrogen (secondary N) is 1. The highest BCUT2D eigenvalue weighted by Crippen LogP contribution is 2.06. The maximum Gasteiger partial charge on any atom is 0.289 e. The molecule has 0 atom stereocenters. The van der Waals surface area contributed by atoms with Gasteiger partial charge in [-0.1, -0.05) is 5.16 Å². The fourth-order valence-corrected chi connectivity index (χ4v) is 2.08. The van der Waals surface area contributed by atoms with Gasteiger partial charge in [-0.25, -0.2) is 9.50 Å². The van der Waals surface area contributed by atoms with Gasteiger partial charge in [-0.05, 0) is 25.3 Å². The molecule has 1 N–H and O–H groups in total. The molecule has 3 aromatic rings. The molecular weight excluding hydrogens is 270 g/mol. The van der Waals surface area contributed by atoms with Crippen molar-refractivity contribution < 1.29 is 9.32 Å². The fourth-order valence-electron chi connectivity index (χ4n) is 2.08. The third-order valence-corrected chi connectivity index (χ3v) is 3.08. The summed E-state index contributed by atoms with van der Waals surface area (Å²) < 4.78 is 6.55. The quantitative estimate of drug-likeness (QED) is 0.716. The van der Waals surface area contributed by atoms with E-state index in [0.29, 0.717) is 6.54 Å². The molecule has 0 aliphatic heterocycles. The van der Waals surface area contributed by atoms with E-state index < -0.39 is 0 Å². The van der Waals surface area contributed by atoms with Crippen LogP contribution in [0.5, 0.6) is 0 Å². The second-order valence-corrected chi connectivity index (χ2v) is 4.79. The molecule has 0 radical (unpaired) electrons. The summed E-state index contributed by atoms with van der Waals surface area (Å²) in [5, 5.41) is 10.6. The third-order valence-electron chi connectivity index (χ3n) is 3.08. The largest absolute Gasteiger partial charge is 0.351 e. The number of carbonyl (C=O) groups is 1. The van der Waals surface area contributed by atoms with Crippen LogP contribution in [-0.4, -0.2) is 32.2 Å². The fraction of sp³-hybridized carbons (Fsp3) is 0.286. The first kappa shape index (κ1) is 13.3. The van der Waals surface area contributed by atoms with E-state index in [1.807, 2.05) is 25.4 Å². The minimum Gasteiger partial charge on any atom is -0.351 e. The van der Waals surface area contributed by atoms with Crippen molar-refractivity contribution in [2.24, 2.45) is 0 Å². The Bertz CT molecular complexity index is 748. The number of nitrogens with zero attached hydrogens (tertiary/aromatic N) is 4. The average Bonchev–Trinajstić information content (AvgIpc) is 3.11. The maximum absolute atomic E-state index is 11.6. The highest BCUT2D eigenvalue weighted by atomic mass is 16.5. The Kier molecular flexibility index (Phi) is 3.63. The van der Waals surface area contributed by atoms with Crippen molar-refractivity contribution in [1.29, 1.82) is 0 Å². The van der Waals surface area contributed by atoms with Crippen LogP contribution in [0.3, 0.4) is 0 Å². The van der Waals surface area contributed by atoms with Gasteiger partial charge in [-0.15, -0.1) is 0 Å². The zero-order chi connectivity index (χ0) is 14.7. The Morgan fingerprint density at radius 3 is 3.19 bits per heavy atom. The molecule has 0 spiro atoms. The van der Waals surface area contributed by atoms with E-state index in [2.05, 4.69) is 20.6 Å². The maximum atomic E-state index is 11.6. The topological polar surface area (TPSA) is 85.3 Å². The van der Waals surface area contributed by atoms with Crippen LogP contribution in [0.2, 0.25) is 0 Å². The van der Waals surface area contributed by atoms with Crippen LogP contribution < -0.4 is 5.32 Å². The molecule has 0 unspecified atom stereocenters. The molecule has 108 valence electrons. The molecule has 0 aliphatic rings. The van der Waals surface area contributed by atoms with Crippen LogP contribution in [0.1, 0.15) is 28.2 Å². The molecule has 0 saturated heterocycles. The number of carbonyl (C=O) groups excluding carboxylic acids is 1. The summed E-state index contributed by atoms with van der Waals surface area (Å²) in [4.78, 5) is 16.0. The Labute approximate surface area is 121 Å². The van der Waals surface area contributed by atoms with Crippen molar-refractivity contribution in [2.75, 3.05) is 6.54 Å². The van der Waals surface area contributed by atoms with Crippen LogP contribution in [0.4, 0.5) is 0 Å². The van der Waals surface area contributed by atoms with Crippen LogP contribution in [0, 0.1) is 6.92 Å². The van der Waals surface area contributed by atoms with E-state index in [4.69, 9.17) is 4.52 Å². The van der Waals surface area contributed by atoms with E-state index in [1.54, 1.807) is 4.52 Å². The van der Waals surface area contributed by atoms with Gasteiger partial charge in [-0.2, -0.15) is 5.10 Å². The van der Waals surface area contributed by atoms with Gasteiger partial charge in [0.2, 0.25) is 5.76 Å². The van der Waals surface area contributed by atoms with Crippen molar-refractivity contribution in [3.8, 4) is 0 Å². The summed E-state index contributed by atoms with van der Waals surface area (Å²) in [7, 11) is 0. The first-order valence-electron chi connectivity index (χ1n) is 6.72. The second-order valence-electron chi connectivity index (χ2n) is 4.79. The summed E-state index contributed by atoms with van der Waals surface area (Å²) >= 11 is 0. The van der Waals surface area contributed by atoms with Crippen molar-refractivity contribution in [3.63, 3.8) is 0 Å². The van der Waals surface area contributed by atoms with E-state index in [-0.39, 0.29) is 11.7 Å². The predicted molar refractivity (Wildman–Crippen MR) is 74.9 cm³/mol. The van der Waals surface area contributed by atoms with Crippen molar-refractivity contribution >= 4 is 11.6 Å². The van der Waals surface area contributed by atoms with Gasteiger partial charge in [0.15, 0.2) is 5.65 Å². The lowest BCUT2D eigenvalue weighted by Gasteiger charge is -2.03. The highest BCUT2D eigenvalue weighted by molar-refractivity contribution is 5.91. The highest BCUT2D eigenvalue weighted by Gasteiger charge is 2.08. The number of rotatable bonds is 5. The molecule has 1 amide bonds. The number of fused-ring (bicyclic) bond motifs is 1. The first-order chi connectivity index (χ1) is 10.2. The second kappa shape index (κ2) is 5.74. The molecule has 0 fully saturated rings. The number of aryl methyl sites for hydroxylation is 2. The van der Waals surface area contributed by atoms with Gasteiger partial charge in [0.25, 0.3) is 5.91 Å². The molecule has 0 aliphatic carbocycles. The Morgan fingerprint density at radius 1 is 1.48 bits per heavy atom. The zero-order valence-corrected chi connectivity index (χ0v) is 11.6. The lowest BCUT2D eigenvalue weighted by molar-refractivity contribution is 0.0916. The SMILES string of the molecule is Cc1cc2ncc(CCCNC(=O)c3ccno3)cn2n1. The molecule has 7 heteroatoms. The molecule has 3 heterocycles. The third kappa shape index (κ3) is 3.07. The van der Waals surface area contributed by atoms with Gasteiger partial charge in [0.1, 0.15) is 0 Å². The molecule has 0 saturated carbocycles. The summed E-state index contributed by atoms with van der Waals surface area (Å²) in [5.41, 5.74) is 2.87. The summed E-state index contributed by atoms with van der Waals surface area (Å²) in [6.45, 7) is 2.50. The van der Waals surface area contributed by atoms with Crippen molar-refractivity contribution in [1.82, 2.24) is 25.1 Å². The van der Waals surface area contributed by atoms with Crippen LogP contribution in [0.15, 0.2) is 35.2 Å². The Hall–Kier alpha value is -2.70. The number of hydrogen-bond acceptors (Lipinski definition) is 5. The predicted octanol–water partition coefficient (Wildman–Crippen LogP) is 1.39. The van der Waals surface area contributed by atoms with Gasteiger partial charge in [0, 0.05) is 31.1 Å². The number of amides is 1. The van der Waals surface area contributed by atoms with Gasteiger partial charge < -0.3 is 9.84 Å². The van der Waals surface area contributed by atoms with E-state index >= 15 is 0 Å². The van der Waals surface area contributed by atoms with E-state index in [1.165, 1.54) is 12.3 Å². The molecule has 7 nitrogen and oxygen atoms in total. The number of aromatic nitrogens is 4. The first-order valence-corrected chi connectivity index (χ1v) is 6.72. The Balaban J connectivity index is 1.51. The molecule has 0 aromatic carbocycles. The summed E-state index contributed by atoms with van der Waals surface area (Å²) in [6, 6.07) is 3.47. The minimum atomic E-state index is -0.247. The van der Waals surface area contributed by atoms with E-state index in [0.717, 1.165) is 29.7 Å². The molecule has 21 heavy (non-hydrogen) atoms. The van der Waals surface area contributed by atoms with Crippen LogP contribution in [0.25, 0.3) is 5.65 Å². The van der Waals surface area contributed by atoms with Gasteiger partial charge in [0.05, 0.1) is 11.9 Å². The standard InChI is InChI=1S/C14H15N5O2/c1-10-7-13-16-8-11(9-19(13)18-10)3-2-5-15-14(20)12-4-6-17-21-12/h4,6-9H,2-3,5H2,1H3,(H,15,20). The van der Waals surface area contributed by atoms with Crippen molar-refractivity contribution in [2.45, 2.75) is 19.8 Å². The monoisotopic (exact) mass is 285 g/mol.